The molecule has 0 saturated carbocycles. The summed E-state index contributed by atoms with van der Waals surface area (Å²) in [5, 5.41) is 7.35. The van der Waals surface area contributed by atoms with Crippen LogP contribution in [0.2, 0.25) is 0 Å². The number of hydrogen-bond donors (Lipinski definition) is 4. The fourth-order valence-electron chi connectivity index (χ4n) is 0.634. The fourth-order valence-corrected chi connectivity index (χ4v) is 0.634. The molecular weight excluding hydrogens is 288 g/mol. The first kappa shape index (κ1) is 20.5. The van der Waals surface area contributed by atoms with E-state index in [0.717, 1.165) is 0 Å². The predicted octanol–water partition coefficient (Wildman–Crippen LogP) is -2.31. The lowest BCUT2D eigenvalue weighted by atomic mass is 10.7. The van der Waals surface area contributed by atoms with E-state index in [1.807, 2.05) is 0 Å². The van der Waals surface area contributed by atoms with Gasteiger partial charge >= 0.3 is 5.97 Å². The minimum atomic E-state index is -1.43. The lowest BCUT2D eigenvalue weighted by Gasteiger charge is -2.01. The molecule has 21 heavy (non-hydrogen) atoms. The van der Waals surface area contributed by atoms with Crippen LogP contribution in [0.1, 0.15) is 0 Å². The lowest BCUT2D eigenvalue weighted by Crippen LogP contribution is -2.13. The molecular formula is C9H16N6O6. The highest BCUT2D eigenvalue weighted by Crippen LogP contribution is 1.97. The largest absolute Gasteiger partial charge is 0.476 e. The van der Waals surface area contributed by atoms with E-state index in [0.29, 0.717) is 6.29 Å². The van der Waals surface area contributed by atoms with E-state index >= 15 is 0 Å². The number of aromatic nitrogens is 3. The topological polar surface area (TPSA) is 207 Å². The molecule has 0 unspecified atom stereocenters. The van der Waals surface area contributed by atoms with Gasteiger partial charge in [0.2, 0.25) is 30.4 Å². The normalized spacial score (nSPS) is 8.71. The van der Waals surface area contributed by atoms with Gasteiger partial charge in [-0.2, -0.15) is 15.0 Å². The molecule has 0 aliphatic rings. The number of carbonyl (C=O) groups excluding carboxylic acids is 2. The summed E-state index contributed by atoms with van der Waals surface area (Å²) in [7, 11) is 2.81. The van der Waals surface area contributed by atoms with Crippen LogP contribution in [0, 0.1) is 0 Å². The van der Waals surface area contributed by atoms with Crippen molar-refractivity contribution in [3.8, 4) is 0 Å². The SMILES string of the molecule is COC(C=O)OC.Nc1nc(N)nc(N)n1.O=CC(=O)O. The van der Waals surface area contributed by atoms with Crippen LogP contribution < -0.4 is 17.2 Å². The van der Waals surface area contributed by atoms with Crippen LogP contribution in [-0.2, 0) is 23.9 Å². The molecule has 0 amide bonds. The third kappa shape index (κ3) is 13.4. The number of methoxy groups -OCH3 is 2. The van der Waals surface area contributed by atoms with E-state index in [1.165, 1.54) is 14.2 Å². The number of nitrogens with two attached hydrogens (primary N) is 3. The predicted molar refractivity (Wildman–Crippen MR) is 70.6 cm³/mol. The average molecular weight is 304 g/mol. The number of carbonyl (C=O) groups is 3. The minimum absolute atomic E-state index is 0.0417. The number of aldehydes is 2. The Bertz CT molecular complexity index is 402. The number of rotatable bonds is 4. The van der Waals surface area contributed by atoms with Crippen molar-refractivity contribution in [1.82, 2.24) is 15.0 Å². The van der Waals surface area contributed by atoms with Crippen LogP contribution >= 0.6 is 0 Å². The standard InChI is InChI=1S/C4H8O3.C3H6N6.C2H2O3/c1-6-4(3-5)7-2;4-1-7-2(5)9-3(6)8-1;3-1-2(4)5/h3-4H,1-2H3;(H6,4,5,6,7,8,9);1H,(H,4,5). The van der Waals surface area contributed by atoms with Gasteiger partial charge in [0.05, 0.1) is 0 Å². The monoisotopic (exact) mass is 304 g/mol. The lowest BCUT2D eigenvalue weighted by molar-refractivity contribution is -0.143. The molecule has 12 nitrogen and oxygen atoms in total. The number of nitrogen functional groups attached to an aromatic ring is 3. The van der Waals surface area contributed by atoms with Gasteiger partial charge in [0, 0.05) is 14.2 Å². The van der Waals surface area contributed by atoms with E-state index in [9.17, 15) is 4.79 Å². The molecule has 0 spiro atoms. The number of ether oxygens (including phenoxy) is 2. The van der Waals surface area contributed by atoms with Crippen molar-refractivity contribution in [2.45, 2.75) is 6.29 Å². The molecule has 1 heterocycles. The van der Waals surface area contributed by atoms with Crippen LogP contribution in [-0.4, -0.2) is 59.1 Å². The molecule has 0 saturated heterocycles. The van der Waals surface area contributed by atoms with E-state index in [-0.39, 0.29) is 24.1 Å². The van der Waals surface area contributed by atoms with E-state index in [4.69, 9.17) is 31.9 Å². The third-order valence-electron chi connectivity index (χ3n) is 1.36. The van der Waals surface area contributed by atoms with Crippen molar-refractivity contribution in [2.75, 3.05) is 31.4 Å². The second kappa shape index (κ2) is 12.2. The van der Waals surface area contributed by atoms with Gasteiger partial charge in [0.15, 0.2) is 6.29 Å². The number of nitrogens with zero attached hydrogens (tertiary/aromatic N) is 3. The number of hydrogen-bond acceptors (Lipinski definition) is 11. The molecule has 0 atom stereocenters. The van der Waals surface area contributed by atoms with Crippen molar-refractivity contribution in [3.63, 3.8) is 0 Å². The Morgan fingerprint density at radius 2 is 1.33 bits per heavy atom. The molecule has 1 aromatic heterocycles. The highest BCUT2D eigenvalue weighted by Gasteiger charge is 1.97. The number of carboxylic acid groups (broad SMARTS) is 1. The van der Waals surface area contributed by atoms with Crippen LogP contribution in [0.3, 0.4) is 0 Å². The summed E-state index contributed by atoms with van der Waals surface area (Å²) in [4.78, 5) is 38.1. The van der Waals surface area contributed by atoms with Gasteiger partial charge in [0.1, 0.15) is 0 Å². The molecule has 118 valence electrons. The number of carboxylic acids is 1. The quantitative estimate of drug-likeness (QED) is 0.263. The van der Waals surface area contributed by atoms with Gasteiger partial charge in [0.25, 0.3) is 0 Å². The highest BCUT2D eigenvalue weighted by atomic mass is 16.7. The molecule has 1 aromatic rings. The highest BCUT2D eigenvalue weighted by molar-refractivity contribution is 6.19. The summed E-state index contributed by atoms with van der Waals surface area (Å²) in [6.45, 7) is 0. The average Bonchev–Trinajstić information content (AvgIpc) is 2.40. The van der Waals surface area contributed by atoms with Gasteiger partial charge in [-0.25, -0.2) is 4.79 Å². The Morgan fingerprint density at radius 1 is 1.05 bits per heavy atom. The van der Waals surface area contributed by atoms with Crippen LogP contribution in [0.5, 0.6) is 0 Å². The van der Waals surface area contributed by atoms with E-state index in [2.05, 4.69) is 24.4 Å². The van der Waals surface area contributed by atoms with Crippen molar-refractivity contribution < 1.29 is 29.0 Å². The summed E-state index contributed by atoms with van der Waals surface area (Å²) < 4.78 is 8.92. The van der Waals surface area contributed by atoms with Crippen molar-refractivity contribution in [1.29, 1.82) is 0 Å². The van der Waals surface area contributed by atoms with E-state index < -0.39 is 12.3 Å². The zero-order valence-corrected chi connectivity index (χ0v) is 11.3. The number of aliphatic carboxylic acids is 1. The molecule has 7 N–H and O–H groups in total. The maximum Gasteiger partial charge on any atom is 0.368 e. The second-order valence-electron chi connectivity index (χ2n) is 2.84. The van der Waals surface area contributed by atoms with Crippen molar-refractivity contribution in [3.05, 3.63) is 0 Å². The Balaban J connectivity index is 0. The zero-order chi connectivity index (χ0) is 16.8. The molecule has 12 heteroatoms. The summed E-state index contributed by atoms with van der Waals surface area (Å²) in [5.41, 5.74) is 15.4. The van der Waals surface area contributed by atoms with Crippen LogP contribution in [0.15, 0.2) is 0 Å². The maximum atomic E-state index is 9.72. The summed E-state index contributed by atoms with van der Waals surface area (Å²) in [6.07, 6.45) is -0.278. The van der Waals surface area contributed by atoms with Crippen LogP contribution in [0.25, 0.3) is 0 Å². The van der Waals surface area contributed by atoms with Crippen molar-refractivity contribution in [2.24, 2.45) is 0 Å². The molecule has 0 aliphatic carbocycles. The van der Waals surface area contributed by atoms with Crippen molar-refractivity contribution >= 4 is 36.4 Å². The Labute approximate surface area is 119 Å². The summed E-state index contributed by atoms with van der Waals surface area (Å²) >= 11 is 0. The van der Waals surface area contributed by atoms with Gasteiger partial charge < -0.3 is 31.8 Å². The first-order valence-electron chi connectivity index (χ1n) is 5.02. The Hall–Kier alpha value is -2.86. The maximum absolute atomic E-state index is 9.72. The zero-order valence-electron chi connectivity index (χ0n) is 11.3. The van der Waals surface area contributed by atoms with Gasteiger partial charge in [-0.05, 0) is 0 Å². The van der Waals surface area contributed by atoms with Gasteiger partial charge in [-0.1, -0.05) is 0 Å². The molecule has 0 aromatic carbocycles. The molecule has 0 radical (unpaired) electrons. The minimum Gasteiger partial charge on any atom is -0.476 e. The first-order valence-corrected chi connectivity index (χ1v) is 5.02. The molecule has 0 bridgehead atoms. The summed E-state index contributed by atoms with van der Waals surface area (Å²) in [6, 6.07) is 0. The summed E-state index contributed by atoms with van der Waals surface area (Å²) in [5.74, 6) is -1.30. The molecule has 1 rings (SSSR count). The molecule has 0 aliphatic heterocycles. The van der Waals surface area contributed by atoms with Crippen LogP contribution in [0.4, 0.5) is 17.8 Å². The smallest absolute Gasteiger partial charge is 0.368 e. The Morgan fingerprint density at radius 3 is 1.43 bits per heavy atom. The first-order chi connectivity index (χ1) is 9.80. The van der Waals surface area contributed by atoms with Gasteiger partial charge in [-0.15, -0.1) is 0 Å². The fraction of sp³-hybridized carbons (Fsp3) is 0.333. The second-order valence-corrected chi connectivity index (χ2v) is 2.84. The Kier molecular flexibility index (Phi) is 11.9. The third-order valence-corrected chi connectivity index (χ3v) is 1.36. The van der Waals surface area contributed by atoms with Gasteiger partial charge in [-0.3, -0.25) is 9.59 Å². The number of anilines is 3. The van der Waals surface area contributed by atoms with E-state index in [1.54, 1.807) is 0 Å². The molecule has 0 fully saturated rings.